The number of rotatable bonds is 5. The molecule has 2 unspecified atom stereocenters. The molecule has 1 aromatic rings. The summed E-state index contributed by atoms with van der Waals surface area (Å²) in [5.41, 5.74) is -1.36. The Bertz CT molecular complexity index is 1090. The number of ether oxygens (including phenoxy) is 2. The lowest BCUT2D eigenvalue weighted by molar-refractivity contribution is -0.146. The third-order valence-electron chi connectivity index (χ3n) is 8.03. The summed E-state index contributed by atoms with van der Waals surface area (Å²) < 4.78 is 40.5. The normalized spacial score (nSPS) is 26.8. The van der Waals surface area contributed by atoms with E-state index in [1.165, 1.54) is 19.1 Å². The van der Waals surface area contributed by atoms with Gasteiger partial charge in [0, 0.05) is 39.0 Å². The zero-order valence-electron chi connectivity index (χ0n) is 24.5. The molecule has 0 spiro atoms. The van der Waals surface area contributed by atoms with Gasteiger partial charge < -0.3 is 24.2 Å². The van der Waals surface area contributed by atoms with Gasteiger partial charge in [0.15, 0.2) is 0 Å². The quantitative estimate of drug-likeness (QED) is 0.510. The molecule has 3 aliphatic heterocycles. The van der Waals surface area contributed by atoms with Crippen LogP contribution in [-0.2, 0) is 25.5 Å². The number of carbonyl (C=O) groups is 3. The molecule has 8 nitrogen and oxygen atoms in total. The molecular weight excluding hydrogens is 520 g/mol. The van der Waals surface area contributed by atoms with Gasteiger partial charge in [-0.1, -0.05) is 0 Å². The van der Waals surface area contributed by atoms with Crippen LogP contribution in [0.3, 0.4) is 0 Å². The second kappa shape index (κ2) is 11.6. The molecule has 0 aromatic heterocycles. The number of hydrogen-bond donors (Lipinski definition) is 0. The molecular formula is C30H43F2N3O5. The van der Waals surface area contributed by atoms with Crippen molar-refractivity contribution in [1.29, 1.82) is 0 Å². The first-order valence-corrected chi connectivity index (χ1v) is 14.3. The Hall–Kier alpha value is -2.75. The van der Waals surface area contributed by atoms with E-state index in [2.05, 4.69) is 0 Å². The van der Waals surface area contributed by atoms with Crippen LogP contribution < -0.4 is 0 Å². The summed E-state index contributed by atoms with van der Waals surface area (Å²) in [7, 11) is 0. The summed E-state index contributed by atoms with van der Waals surface area (Å²) in [6.07, 6.45) is 2.88. The molecule has 222 valence electrons. The molecule has 40 heavy (non-hydrogen) atoms. The van der Waals surface area contributed by atoms with Gasteiger partial charge in [-0.3, -0.25) is 9.59 Å². The molecule has 3 fully saturated rings. The third-order valence-corrected chi connectivity index (χ3v) is 8.03. The number of amides is 3. The molecule has 10 heteroatoms. The van der Waals surface area contributed by atoms with E-state index in [1.54, 1.807) is 44.4 Å². The average Bonchev–Trinajstić information content (AvgIpc) is 3.35. The molecule has 0 aliphatic carbocycles. The standard InChI is InChI=1S/C30H43F2N3O5/c1-19(36)35-25(14-20-12-22(31)17-23(32)13-20)27(39-30(35,5)6)24-15-21(16-26(37)33-10-8-7-9-11-33)18-34(24)28(38)40-29(2,3)4/h12-13,17,21,24-25,27H,7-11,14-16,18H2,1-6H3/t21?,24?,25-,27+/m0/s1. The minimum absolute atomic E-state index is 0.0827. The van der Waals surface area contributed by atoms with Gasteiger partial charge >= 0.3 is 6.09 Å². The summed E-state index contributed by atoms with van der Waals surface area (Å²) in [4.78, 5) is 44.6. The van der Waals surface area contributed by atoms with Crippen LogP contribution in [0.4, 0.5) is 13.6 Å². The molecule has 3 aliphatic rings. The number of halogens is 2. The maximum Gasteiger partial charge on any atom is 0.410 e. The van der Waals surface area contributed by atoms with Crippen LogP contribution in [-0.4, -0.2) is 81.8 Å². The van der Waals surface area contributed by atoms with Gasteiger partial charge in [-0.2, -0.15) is 0 Å². The highest BCUT2D eigenvalue weighted by atomic mass is 19.1. The Labute approximate surface area is 235 Å². The van der Waals surface area contributed by atoms with Gasteiger partial charge in [-0.05, 0) is 90.3 Å². The van der Waals surface area contributed by atoms with Crippen molar-refractivity contribution in [3.8, 4) is 0 Å². The van der Waals surface area contributed by atoms with Crippen molar-refractivity contribution >= 4 is 17.9 Å². The molecule has 3 heterocycles. The molecule has 0 N–H and O–H groups in total. The molecule has 0 saturated carbocycles. The largest absolute Gasteiger partial charge is 0.444 e. The third kappa shape index (κ3) is 6.93. The van der Waals surface area contributed by atoms with E-state index >= 15 is 0 Å². The first-order chi connectivity index (χ1) is 18.6. The second-order valence-corrected chi connectivity index (χ2v) is 12.9. The van der Waals surface area contributed by atoms with E-state index in [0.717, 1.165) is 38.4 Å². The lowest BCUT2D eigenvalue weighted by Gasteiger charge is -2.34. The molecule has 0 radical (unpaired) electrons. The molecule has 3 amide bonds. The van der Waals surface area contributed by atoms with Crippen LogP contribution in [0.25, 0.3) is 0 Å². The van der Waals surface area contributed by atoms with Crippen molar-refractivity contribution in [3.05, 3.63) is 35.4 Å². The Morgan fingerprint density at radius 2 is 1.68 bits per heavy atom. The van der Waals surface area contributed by atoms with E-state index in [0.29, 0.717) is 24.9 Å². The SMILES string of the molecule is CC(=O)N1[C@@H](Cc2cc(F)cc(F)c2)[C@@H](C2CC(CC(=O)N3CCCCC3)CN2C(=O)OC(C)(C)C)OC1(C)C. The van der Waals surface area contributed by atoms with E-state index in [-0.39, 0.29) is 24.2 Å². The Kier molecular flexibility index (Phi) is 8.78. The number of piperidine rings is 1. The fourth-order valence-corrected chi connectivity index (χ4v) is 6.61. The van der Waals surface area contributed by atoms with Gasteiger partial charge in [-0.15, -0.1) is 0 Å². The second-order valence-electron chi connectivity index (χ2n) is 12.9. The first kappa shape index (κ1) is 30.2. The van der Waals surface area contributed by atoms with Crippen LogP contribution in [0, 0.1) is 17.6 Å². The van der Waals surface area contributed by atoms with Gasteiger partial charge in [-0.25, -0.2) is 13.6 Å². The average molecular weight is 564 g/mol. The van der Waals surface area contributed by atoms with E-state index < -0.39 is 47.2 Å². The van der Waals surface area contributed by atoms with Crippen molar-refractivity contribution in [2.75, 3.05) is 19.6 Å². The number of nitrogens with zero attached hydrogens (tertiary/aromatic N) is 3. The number of carbonyl (C=O) groups excluding carboxylic acids is 3. The lowest BCUT2D eigenvalue weighted by atomic mass is 9.91. The summed E-state index contributed by atoms with van der Waals surface area (Å²) in [5.74, 6) is -1.68. The summed E-state index contributed by atoms with van der Waals surface area (Å²) >= 11 is 0. The highest BCUT2D eigenvalue weighted by molar-refractivity contribution is 5.77. The van der Waals surface area contributed by atoms with E-state index in [1.807, 2.05) is 4.90 Å². The van der Waals surface area contributed by atoms with Crippen molar-refractivity contribution in [2.24, 2.45) is 5.92 Å². The van der Waals surface area contributed by atoms with Gasteiger partial charge in [0.1, 0.15) is 29.1 Å². The van der Waals surface area contributed by atoms with Crippen LogP contribution in [0.15, 0.2) is 18.2 Å². The van der Waals surface area contributed by atoms with Crippen LogP contribution in [0.2, 0.25) is 0 Å². The minimum atomic E-state index is -1.02. The maximum atomic E-state index is 14.1. The number of hydrogen-bond acceptors (Lipinski definition) is 5. The zero-order chi connectivity index (χ0) is 29.4. The van der Waals surface area contributed by atoms with Crippen LogP contribution >= 0.6 is 0 Å². The fraction of sp³-hybridized carbons (Fsp3) is 0.700. The zero-order valence-corrected chi connectivity index (χ0v) is 24.5. The predicted molar refractivity (Wildman–Crippen MR) is 145 cm³/mol. The summed E-state index contributed by atoms with van der Waals surface area (Å²) in [6, 6.07) is 2.22. The highest BCUT2D eigenvalue weighted by Crippen LogP contribution is 2.41. The predicted octanol–water partition coefficient (Wildman–Crippen LogP) is 4.89. The van der Waals surface area contributed by atoms with E-state index in [9.17, 15) is 23.2 Å². The topological polar surface area (TPSA) is 79.4 Å². The van der Waals surface area contributed by atoms with Crippen molar-refractivity contribution in [1.82, 2.24) is 14.7 Å². The smallest absolute Gasteiger partial charge is 0.410 e. The van der Waals surface area contributed by atoms with Crippen molar-refractivity contribution in [3.63, 3.8) is 0 Å². The number of likely N-dealkylation sites (tertiary alicyclic amines) is 2. The van der Waals surface area contributed by atoms with Gasteiger partial charge in [0.05, 0.1) is 12.1 Å². The van der Waals surface area contributed by atoms with Crippen LogP contribution in [0.1, 0.15) is 79.2 Å². The Balaban J connectivity index is 1.65. The Morgan fingerprint density at radius 1 is 1.05 bits per heavy atom. The van der Waals surface area contributed by atoms with Crippen LogP contribution in [0.5, 0.6) is 0 Å². The maximum absolute atomic E-state index is 14.1. The monoisotopic (exact) mass is 563 g/mol. The Morgan fingerprint density at radius 3 is 2.25 bits per heavy atom. The molecule has 4 atom stereocenters. The fourth-order valence-electron chi connectivity index (χ4n) is 6.61. The first-order valence-electron chi connectivity index (χ1n) is 14.3. The molecule has 1 aromatic carbocycles. The minimum Gasteiger partial charge on any atom is -0.444 e. The van der Waals surface area contributed by atoms with E-state index in [4.69, 9.17) is 9.47 Å². The highest BCUT2D eigenvalue weighted by Gasteiger charge is 2.55. The lowest BCUT2D eigenvalue weighted by Crippen LogP contribution is -2.52. The summed E-state index contributed by atoms with van der Waals surface area (Å²) in [6.45, 7) is 12.2. The van der Waals surface area contributed by atoms with Gasteiger partial charge in [0.2, 0.25) is 11.8 Å². The van der Waals surface area contributed by atoms with Gasteiger partial charge in [0.25, 0.3) is 0 Å². The number of benzene rings is 1. The summed E-state index contributed by atoms with van der Waals surface area (Å²) in [5, 5.41) is 0. The molecule has 0 bridgehead atoms. The van der Waals surface area contributed by atoms with Crippen molar-refractivity contribution < 1.29 is 32.6 Å². The van der Waals surface area contributed by atoms with Crippen molar-refractivity contribution in [2.45, 2.75) is 110 Å². The molecule has 3 saturated heterocycles. The molecule has 4 rings (SSSR count).